The highest BCUT2D eigenvalue weighted by Crippen LogP contribution is 2.41. The van der Waals surface area contributed by atoms with Gasteiger partial charge >= 0.3 is 0 Å². The molecule has 6 rings (SSSR count). The highest BCUT2D eigenvalue weighted by atomic mass is 35.5. The average Bonchev–Trinajstić information content (AvgIpc) is 3.17. The Morgan fingerprint density at radius 1 is 1.31 bits per heavy atom. The highest BCUT2D eigenvalue weighted by Gasteiger charge is 2.41. The highest BCUT2D eigenvalue weighted by molar-refractivity contribution is 6.33. The van der Waals surface area contributed by atoms with E-state index in [1.165, 1.54) is 19.3 Å². The molecule has 1 amide bonds. The molecule has 3 N–H and O–H groups in total. The van der Waals surface area contributed by atoms with Gasteiger partial charge in [0, 0.05) is 47.0 Å². The van der Waals surface area contributed by atoms with Gasteiger partial charge in [-0.25, -0.2) is 0 Å². The van der Waals surface area contributed by atoms with E-state index in [9.17, 15) is 4.79 Å². The predicted molar refractivity (Wildman–Crippen MR) is 139 cm³/mol. The van der Waals surface area contributed by atoms with Gasteiger partial charge in [-0.3, -0.25) is 19.7 Å². The number of pyridine rings is 1. The molecule has 9 heteroatoms. The molecule has 1 aliphatic carbocycles. The first-order valence-electron chi connectivity index (χ1n) is 12.3. The number of nitrogens with one attached hydrogen (secondary N) is 3. The van der Waals surface area contributed by atoms with Crippen LogP contribution in [-0.4, -0.2) is 71.0 Å². The first-order valence-corrected chi connectivity index (χ1v) is 12.7. The van der Waals surface area contributed by atoms with E-state index in [-0.39, 0.29) is 11.5 Å². The molecule has 0 bridgehead atoms. The molecule has 2 aromatic heterocycles. The topological polar surface area (TPSA) is 94.6 Å². The molecule has 184 valence electrons. The number of aliphatic imine (C=N–C) groups is 1. The first-order chi connectivity index (χ1) is 16.8. The Morgan fingerprint density at radius 3 is 2.91 bits per heavy atom. The van der Waals surface area contributed by atoms with Crippen molar-refractivity contribution in [2.75, 3.05) is 38.1 Å². The molecule has 0 unspecified atom stereocenters. The van der Waals surface area contributed by atoms with Gasteiger partial charge in [0.25, 0.3) is 0 Å². The number of halogens is 1. The van der Waals surface area contributed by atoms with Crippen LogP contribution in [-0.2, 0) is 9.53 Å². The van der Waals surface area contributed by atoms with Gasteiger partial charge < -0.3 is 20.4 Å². The molecule has 1 spiro atoms. The van der Waals surface area contributed by atoms with E-state index >= 15 is 0 Å². The third-order valence-corrected chi connectivity index (χ3v) is 7.95. The summed E-state index contributed by atoms with van der Waals surface area (Å²) in [4.78, 5) is 28.2. The van der Waals surface area contributed by atoms with Crippen molar-refractivity contribution in [1.82, 2.24) is 20.2 Å². The van der Waals surface area contributed by atoms with Crippen LogP contribution < -0.4 is 10.6 Å². The summed E-state index contributed by atoms with van der Waals surface area (Å²) in [5, 5.41) is 9.21. The van der Waals surface area contributed by atoms with E-state index in [0.717, 1.165) is 40.7 Å². The van der Waals surface area contributed by atoms with Crippen LogP contribution in [0.1, 0.15) is 33.1 Å². The fourth-order valence-electron chi connectivity index (χ4n) is 5.57. The molecule has 1 saturated carbocycles. The van der Waals surface area contributed by atoms with E-state index < -0.39 is 6.04 Å². The molecule has 3 aromatic rings. The number of ether oxygens (including phenoxy) is 1. The summed E-state index contributed by atoms with van der Waals surface area (Å²) in [5.74, 6) is 0.846. The molecule has 1 aromatic carbocycles. The Morgan fingerprint density at radius 2 is 2.17 bits per heavy atom. The van der Waals surface area contributed by atoms with Gasteiger partial charge in [0.2, 0.25) is 5.91 Å². The number of morpholine rings is 1. The van der Waals surface area contributed by atoms with E-state index in [1.54, 1.807) is 18.5 Å². The van der Waals surface area contributed by atoms with E-state index in [2.05, 4.69) is 39.3 Å². The summed E-state index contributed by atoms with van der Waals surface area (Å²) < 4.78 is 6.07. The zero-order chi connectivity index (χ0) is 24.2. The molecular formula is C26H31ClN6O2. The van der Waals surface area contributed by atoms with Crippen LogP contribution in [0.15, 0.2) is 35.6 Å². The number of fused-ring (bicyclic) bond motifs is 3. The fraction of sp³-hybridized carbons (Fsp3) is 0.500. The summed E-state index contributed by atoms with van der Waals surface area (Å²) in [6.07, 6.45) is 7.34. The second-order valence-corrected chi connectivity index (χ2v) is 11.3. The van der Waals surface area contributed by atoms with Crippen LogP contribution >= 0.6 is 11.6 Å². The van der Waals surface area contributed by atoms with Gasteiger partial charge in [-0.2, -0.15) is 0 Å². The van der Waals surface area contributed by atoms with Crippen molar-refractivity contribution in [2.24, 2.45) is 10.4 Å². The number of H-pyrrole nitrogens is 1. The Bertz CT molecular complexity index is 1330. The zero-order valence-corrected chi connectivity index (χ0v) is 20.9. The summed E-state index contributed by atoms with van der Waals surface area (Å²) in [7, 11) is 0. The van der Waals surface area contributed by atoms with Crippen molar-refractivity contribution in [1.29, 1.82) is 0 Å². The Hall–Kier alpha value is -2.68. The zero-order valence-electron chi connectivity index (χ0n) is 20.2. The smallest absolute Gasteiger partial charge is 0.244 e. The lowest BCUT2D eigenvalue weighted by molar-refractivity contribution is -0.141. The van der Waals surface area contributed by atoms with Crippen LogP contribution in [0.3, 0.4) is 0 Å². The number of benzene rings is 1. The molecule has 2 aliphatic heterocycles. The Balaban J connectivity index is 1.25. The van der Waals surface area contributed by atoms with Crippen LogP contribution in [0.25, 0.3) is 21.8 Å². The van der Waals surface area contributed by atoms with Crippen LogP contribution in [0.5, 0.6) is 0 Å². The number of anilines is 1. The minimum absolute atomic E-state index is 0.118. The molecule has 8 nitrogen and oxygen atoms in total. The molecule has 0 radical (unpaired) electrons. The molecule has 35 heavy (non-hydrogen) atoms. The van der Waals surface area contributed by atoms with Gasteiger partial charge in [0.15, 0.2) is 0 Å². The van der Waals surface area contributed by atoms with E-state index in [4.69, 9.17) is 21.3 Å². The van der Waals surface area contributed by atoms with Crippen molar-refractivity contribution < 1.29 is 9.53 Å². The maximum Gasteiger partial charge on any atom is 0.244 e. The average molecular weight is 495 g/mol. The third-order valence-electron chi connectivity index (χ3n) is 7.73. The van der Waals surface area contributed by atoms with Crippen molar-refractivity contribution in [2.45, 2.75) is 44.8 Å². The molecule has 2 fully saturated rings. The Kier molecular flexibility index (Phi) is 5.51. The van der Waals surface area contributed by atoms with Gasteiger partial charge in [-0.15, -0.1) is 0 Å². The number of hydrogen-bond donors (Lipinski definition) is 3. The maximum atomic E-state index is 13.6. The number of rotatable bonds is 4. The van der Waals surface area contributed by atoms with Gasteiger partial charge in [-0.05, 0) is 44.9 Å². The minimum atomic E-state index is -0.438. The summed E-state index contributed by atoms with van der Waals surface area (Å²) in [6, 6.07) is 5.20. The standard InChI is InChI=1S/C26H31ClN6O2/c1-25(2)15-33(11-22-29-13-26(14-30-22)5-3-6-26)21(12-35-25)24(34)32-19-9-16(27)8-18-17-4-7-28-10-20(17)31-23(18)19/h4,7-10,21,31H,3,5-6,11-15H2,1-2H3,(H,29,30)(H,32,34)/t21-/m0/s1. The number of amides is 1. The van der Waals surface area contributed by atoms with Gasteiger partial charge in [0.1, 0.15) is 11.9 Å². The quantitative estimate of drug-likeness (QED) is 0.510. The van der Waals surface area contributed by atoms with Crippen molar-refractivity contribution in [3.63, 3.8) is 0 Å². The summed E-state index contributed by atoms with van der Waals surface area (Å²) in [6.45, 7) is 7.54. The van der Waals surface area contributed by atoms with Crippen LogP contribution in [0, 0.1) is 5.41 Å². The van der Waals surface area contributed by atoms with Gasteiger partial charge in [0.05, 0.1) is 41.7 Å². The van der Waals surface area contributed by atoms with Crippen molar-refractivity contribution >= 4 is 50.8 Å². The van der Waals surface area contributed by atoms with E-state index in [1.807, 2.05) is 12.1 Å². The number of carbonyl (C=O) groups excluding carboxylic acids is 1. The lowest BCUT2D eigenvalue weighted by atomic mass is 9.68. The fourth-order valence-corrected chi connectivity index (χ4v) is 5.79. The molecular weight excluding hydrogens is 464 g/mol. The normalized spacial score (nSPS) is 23.6. The van der Waals surface area contributed by atoms with Crippen LogP contribution in [0.4, 0.5) is 5.69 Å². The van der Waals surface area contributed by atoms with E-state index in [0.29, 0.717) is 35.8 Å². The molecule has 1 saturated heterocycles. The second-order valence-electron chi connectivity index (χ2n) is 10.9. The largest absolute Gasteiger partial charge is 0.372 e. The summed E-state index contributed by atoms with van der Waals surface area (Å²) >= 11 is 6.45. The molecule has 4 heterocycles. The first kappa shape index (κ1) is 22.8. The lowest BCUT2D eigenvalue weighted by Crippen LogP contribution is -2.61. The maximum absolute atomic E-state index is 13.6. The monoisotopic (exact) mass is 494 g/mol. The number of amidine groups is 1. The lowest BCUT2D eigenvalue weighted by Gasteiger charge is -2.46. The van der Waals surface area contributed by atoms with Crippen molar-refractivity contribution in [3.05, 3.63) is 35.6 Å². The second kappa shape index (κ2) is 8.47. The molecule has 1 atom stereocenters. The minimum Gasteiger partial charge on any atom is -0.372 e. The predicted octanol–water partition coefficient (Wildman–Crippen LogP) is 3.96. The number of aromatic nitrogens is 2. The SMILES string of the molecule is CC1(C)CN(CC2=NCC3(CCC3)CN2)[C@H](C(=O)Nc2cc(Cl)cc3c2[nH]c2cnccc23)CO1. The number of carbonyl (C=O) groups is 1. The van der Waals surface area contributed by atoms with Crippen molar-refractivity contribution in [3.8, 4) is 0 Å². The third kappa shape index (κ3) is 4.28. The Labute approximate surface area is 209 Å². The number of aromatic amines is 1. The van der Waals surface area contributed by atoms with Crippen LogP contribution in [0.2, 0.25) is 5.02 Å². The molecule has 3 aliphatic rings. The number of hydrogen-bond acceptors (Lipinski definition) is 6. The number of nitrogens with zero attached hydrogens (tertiary/aromatic N) is 3. The summed E-state index contributed by atoms with van der Waals surface area (Å²) in [5.41, 5.74) is 2.40. The van der Waals surface area contributed by atoms with Gasteiger partial charge in [-0.1, -0.05) is 18.0 Å².